The number of aliphatic imine (C=N–C) groups is 1. The lowest BCUT2D eigenvalue weighted by Crippen LogP contribution is -2.30. The molecule has 0 aliphatic rings. The summed E-state index contributed by atoms with van der Waals surface area (Å²) in [7, 11) is 0. The molecule has 0 fully saturated rings. The van der Waals surface area contributed by atoms with E-state index >= 15 is 0 Å². The van der Waals surface area contributed by atoms with Crippen molar-refractivity contribution in [3.8, 4) is 11.5 Å². The van der Waals surface area contributed by atoms with E-state index in [2.05, 4.69) is 4.99 Å². The maximum atomic E-state index is 12.4. The second-order valence-electron chi connectivity index (χ2n) is 5.41. The summed E-state index contributed by atoms with van der Waals surface area (Å²) in [6, 6.07) is 12.4. The molecule has 0 saturated carbocycles. The highest BCUT2D eigenvalue weighted by atomic mass is 16.5. The average Bonchev–Trinajstić information content (AvgIpc) is 2.64. The van der Waals surface area contributed by atoms with Crippen molar-refractivity contribution in [1.82, 2.24) is 4.90 Å². The van der Waals surface area contributed by atoms with Crippen LogP contribution >= 0.6 is 0 Å². The molecule has 0 aliphatic carbocycles. The van der Waals surface area contributed by atoms with Crippen molar-refractivity contribution in [1.29, 1.82) is 0 Å². The third-order valence-corrected chi connectivity index (χ3v) is 3.83. The van der Waals surface area contributed by atoms with Crippen LogP contribution in [0.5, 0.6) is 11.5 Å². The lowest BCUT2D eigenvalue weighted by atomic mass is 10.1. The van der Waals surface area contributed by atoms with Crippen LogP contribution in [0.25, 0.3) is 0 Å². The molecule has 2 rings (SSSR count). The zero-order valence-electron chi connectivity index (χ0n) is 14.9. The largest absolute Gasteiger partial charge is 0.504 e. The van der Waals surface area contributed by atoms with Gasteiger partial charge in [0.25, 0.3) is 5.91 Å². The zero-order chi connectivity index (χ0) is 18.2. The summed E-state index contributed by atoms with van der Waals surface area (Å²) in [6.07, 6.45) is 1.57. The van der Waals surface area contributed by atoms with Gasteiger partial charge in [-0.2, -0.15) is 0 Å². The number of ether oxygens (including phenoxy) is 1. The van der Waals surface area contributed by atoms with Gasteiger partial charge in [-0.1, -0.05) is 12.1 Å². The van der Waals surface area contributed by atoms with Crippen LogP contribution in [0.3, 0.4) is 0 Å². The third-order valence-electron chi connectivity index (χ3n) is 3.83. The molecule has 5 nitrogen and oxygen atoms in total. The Labute approximate surface area is 148 Å². The number of carbonyl (C=O) groups excluding carboxylic acids is 1. The first-order valence-corrected chi connectivity index (χ1v) is 8.48. The van der Waals surface area contributed by atoms with Gasteiger partial charge in [-0.05, 0) is 51.1 Å². The number of phenols is 1. The van der Waals surface area contributed by atoms with Crippen LogP contribution in [0.15, 0.2) is 47.5 Å². The second-order valence-corrected chi connectivity index (χ2v) is 5.41. The molecule has 1 N–H and O–H groups in total. The number of benzene rings is 2. The molecule has 5 heteroatoms. The molecule has 2 aromatic rings. The van der Waals surface area contributed by atoms with Crippen molar-refractivity contribution in [3.63, 3.8) is 0 Å². The summed E-state index contributed by atoms with van der Waals surface area (Å²) < 4.78 is 5.37. The maximum absolute atomic E-state index is 12.4. The van der Waals surface area contributed by atoms with Crippen LogP contribution < -0.4 is 4.74 Å². The average molecular weight is 340 g/mol. The first-order chi connectivity index (χ1) is 12.1. The Kier molecular flexibility index (Phi) is 6.57. The fourth-order valence-corrected chi connectivity index (χ4v) is 2.47. The second kappa shape index (κ2) is 8.87. The van der Waals surface area contributed by atoms with E-state index in [1.54, 1.807) is 47.5 Å². The number of hydrogen-bond donors (Lipinski definition) is 1. The van der Waals surface area contributed by atoms with E-state index in [4.69, 9.17) is 4.74 Å². The summed E-state index contributed by atoms with van der Waals surface area (Å²) in [5.41, 5.74) is 1.82. The van der Waals surface area contributed by atoms with E-state index in [9.17, 15) is 9.90 Å². The van der Waals surface area contributed by atoms with Gasteiger partial charge in [0.05, 0.1) is 12.3 Å². The normalized spacial score (nSPS) is 10.8. The Morgan fingerprint density at radius 2 is 1.88 bits per heavy atom. The van der Waals surface area contributed by atoms with Gasteiger partial charge in [0.1, 0.15) is 0 Å². The van der Waals surface area contributed by atoms with Gasteiger partial charge < -0.3 is 14.7 Å². The van der Waals surface area contributed by atoms with E-state index in [1.165, 1.54) is 0 Å². The Balaban J connectivity index is 2.24. The quantitative estimate of drug-likeness (QED) is 0.774. The summed E-state index contributed by atoms with van der Waals surface area (Å²) >= 11 is 0. The van der Waals surface area contributed by atoms with Crippen molar-refractivity contribution in [3.05, 3.63) is 53.6 Å². The minimum atomic E-state index is -0.0109. The van der Waals surface area contributed by atoms with Crippen molar-refractivity contribution < 1.29 is 14.6 Å². The lowest BCUT2D eigenvalue weighted by molar-refractivity contribution is 0.0773. The number of para-hydroxylation sites is 1. The van der Waals surface area contributed by atoms with Gasteiger partial charge in [0.15, 0.2) is 11.5 Å². The van der Waals surface area contributed by atoms with Gasteiger partial charge in [0, 0.05) is 30.4 Å². The number of phenolic OH excluding ortho intramolecular Hbond substituents is 1. The van der Waals surface area contributed by atoms with Gasteiger partial charge in [-0.15, -0.1) is 0 Å². The number of aromatic hydroxyl groups is 1. The smallest absolute Gasteiger partial charge is 0.253 e. The van der Waals surface area contributed by atoms with Crippen LogP contribution in [0.1, 0.15) is 36.7 Å². The molecule has 25 heavy (non-hydrogen) atoms. The van der Waals surface area contributed by atoms with Gasteiger partial charge in [0.2, 0.25) is 0 Å². The highest BCUT2D eigenvalue weighted by molar-refractivity contribution is 5.95. The third kappa shape index (κ3) is 4.59. The Morgan fingerprint density at radius 1 is 1.16 bits per heavy atom. The van der Waals surface area contributed by atoms with Crippen LogP contribution in [0, 0.1) is 0 Å². The molecule has 0 saturated heterocycles. The van der Waals surface area contributed by atoms with Crippen molar-refractivity contribution in [2.75, 3.05) is 19.7 Å². The zero-order valence-corrected chi connectivity index (χ0v) is 14.9. The van der Waals surface area contributed by atoms with E-state index in [0.29, 0.717) is 42.3 Å². The predicted molar refractivity (Wildman–Crippen MR) is 100 cm³/mol. The van der Waals surface area contributed by atoms with Gasteiger partial charge in [-0.25, -0.2) is 0 Å². The number of hydrogen-bond acceptors (Lipinski definition) is 4. The fourth-order valence-electron chi connectivity index (χ4n) is 2.47. The first-order valence-electron chi connectivity index (χ1n) is 8.48. The van der Waals surface area contributed by atoms with Crippen LogP contribution in [-0.4, -0.2) is 41.8 Å². The molecule has 0 heterocycles. The number of nitrogens with zero attached hydrogens (tertiary/aromatic N) is 2. The SMILES string of the molecule is CCOc1cccc(C=Nc2cccc(C(=O)N(CC)CC)c2)c1O. The highest BCUT2D eigenvalue weighted by Crippen LogP contribution is 2.29. The molecule has 0 unspecified atom stereocenters. The molecule has 132 valence electrons. The maximum Gasteiger partial charge on any atom is 0.253 e. The lowest BCUT2D eigenvalue weighted by Gasteiger charge is -2.18. The number of amides is 1. The molecule has 0 spiro atoms. The summed E-state index contributed by atoms with van der Waals surface area (Å²) in [6.45, 7) is 7.58. The van der Waals surface area contributed by atoms with E-state index in [0.717, 1.165) is 0 Å². The molecular formula is C20H24N2O3. The minimum Gasteiger partial charge on any atom is -0.504 e. The topological polar surface area (TPSA) is 62.1 Å². The molecule has 0 aromatic heterocycles. The Hall–Kier alpha value is -2.82. The molecular weight excluding hydrogens is 316 g/mol. The van der Waals surface area contributed by atoms with Gasteiger partial charge >= 0.3 is 0 Å². The summed E-state index contributed by atoms with van der Waals surface area (Å²) in [5, 5.41) is 10.2. The number of carbonyl (C=O) groups is 1. The molecule has 0 radical (unpaired) electrons. The van der Waals surface area contributed by atoms with E-state index in [-0.39, 0.29) is 11.7 Å². The van der Waals surface area contributed by atoms with Crippen molar-refractivity contribution >= 4 is 17.8 Å². The molecule has 1 amide bonds. The standard InChI is InChI=1S/C20H24N2O3/c1-4-22(5-2)20(24)15-9-7-11-17(13-15)21-14-16-10-8-12-18(19(16)23)25-6-3/h7-14,23H,4-6H2,1-3H3. The molecule has 0 atom stereocenters. The van der Waals surface area contributed by atoms with Crippen molar-refractivity contribution in [2.45, 2.75) is 20.8 Å². The molecule has 0 aliphatic heterocycles. The first kappa shape index (κ1) is 18.5. The predicted octanol–water partition coefficient (Wildman–Crippen LogP) is 4.02. The van der Waals surface area contributed by atoms with Gasteiger partial charge in [-0.3, -0.25) is 9.79 Å². The Bertz CT molecular complexity index is 752. The number of rotatable bonds is 7. The molecule has 0 bridgehead atoms. The van der Waals surface area contributed by atoms with E-state index in [1.807, 2.05) is 26.8 Å². The molecule has 2 aromatic carbocycles. The summed E-state index contributed by atoms with van der Waals surface area (Å²) in [5.74, 6) is 0.476. The van der Waals surface area contributed by atoms with Crippen LogP contribution in [-0.2, 0) is 0 Å². The summed E-state index contributed by atoms with van der Waals surface area (Å²) in [4.78, 5) is 18.6. The van der Waals surface area contributed by atoms with Crippen LogP contribution in [0.4, 0.5) is 5.69 Å². The van der Waals surface area contributed by atoms with Crippen molar-refractivity contribution in [2.24, 2.45) is 4.99 Å². The highest BCUT2D eigenvalue weighted by Gasteiger charge is 2.12. The van der Waals surface area contributed by atoms with Crippen LogP contribution in [0.2, 0.25) is 0 Å². The monoisotopic (exact) mass is 340 g/mol. The Morgan fingerprint density at radius 3 is 2.56 bits per heavy atom. The van der Waals surface area contributed by atoms with E-state index < -0.39 is 0 Å². The fraction of sp³-hybridized carbons (Fsp3) is 0.300. The minimum absolute atomic E-state index is 0.0109.